The predicted molar refractivity (Wildman–Crippen MR) is 82.5 cm³/mol. The number of rotatable bonds is 4. The van der Waals surface area contributed by atoms with Gasteiger partial charge in [-0.3, -0.25) is 0 Å². The normalized spacial score (nSPS) is 10.9. The van der Waals surface area contributed by atoms with Crippen LogP contribution in [0.15, 0.2) is 42.7 Å². The van der Waals surface area contributed by atoms with Crippen LogP contribution in [-0.4, -0.2) is 21.1 Å². The van der Waals surface area contributed by atoms with Crippen LogP contribution in [0.4, 0.5) is 5.69 Å². The molecule has 0 radical (unpaired) electrons. The fourth-order valence-corrected chi connectivity index (χ4v) is 2.19. The first kappa shape index (κ1) is 13.3. The number of hydrogen-bond donors (Lipinski definition) is 2. The number of ether oxygens (including phenoxy) is 1. The first-order valence-electron chi connectivity index (χ1n) is 6.88. The van der Waals surface area contributed by atoms with E-state index >= 15 is 0 Å². The summed E-state index contributed by atoms with van der Waals surface area (Å²) in [6.07, 6.45) is 4.64. The quantitative estimate of drug-likeness (QED) is 0.722. The van der Waals surface area contributed by atoms with Crippen LogP contribution in [0, 0.1) is 0 Å². The number of nitrogens with two attached hydrogens (primary N) is 1. The van der Waals surface area contributed by atoms with E-state index < -0.39 is 0 Å². The summed E-state index contributed by atoms with van der Waals surface area (Å²) in [5.41, 5.74) is 8.77. The highest BCUT2D eigenvalue weighted by atomic mass is 16.5. The molecular weight excluding hydrogens is 266 g/mol. The molecular formula is C16H17N3O2. The molecule has 0 aliphatic carbocycles. The molecule has 3 aromatic rings. The summed E-state index contributed by atoms with van der Waals surface area (Å²) in [7, 11) is 0. The highest BCUT2D eigenvalue weighted by Gasteiger charge is 2.09. The molecule has 0 saturated carbocycles. The van der Waals surface area contributed by atoms with Gasteiger partial charge in [0.15, 0.2) is 11.4 Å². The molecule has 3 N–H and O–H groups in total. The average Bonchev–Trinajstić information content (AvgIpc) is 2.91. The number of aromatic hydroxyl groups is 1. The molecule has 0 aliphatic heterocycles. The minimum Gasteiger partial charge on any atom is -0.504 e. The van der Waals surface area contributed by atoms with Crippen LogP contribution < -0.4 is 10.5 Å². The summed E-state index contributed by atoms with van der Waals surface area (Å²) in [6.45, 7) is 2.69. The van der Waals surface area contributed by atoms with Crippen LogP contribution >= 0.6 is 0 Å². The molecule has 0 amide bonds. The van der Waals surface area contributed by atoms with E-state index in [0.29, 0.717) is 23.7 Å². The van der Waals surface area contributed by atoms with Gasteiger partial charge in [-0.05, 0) is 36.8 Å². The van der Waals surface area contributed by atoms with Gasteiger partial charge in [0.25, 0.3) is 0 Å². The number of nitrogen functional groups attached to an aromatic ring is 1. The van der Waals surface area contributed by atoms with Crippen molar-refractivity contribution >= 4 is 11.3 Å². The summed E-state index contributed by atoms with van der Waals surface area (Å²) in [4.78, 5) is 4.43. The van der Waals surface area contributed by atoms with Gasteiger partial charge in [-0.25, -0.2) is 4.98 Å². The molecule has 3 rings (SSSR count). The van der Waals surface area contributed by atoms with E-state index in [-0.39, 0.29) is 5.75 Å². The molecule has 0 atom stereocenters. The number of nitrogens with zero attached hydrogens (tertiary/aromatic N) is 2. The maximum atomic E-state index is 9.80. The topological polar surface area (TPSA) is 72.8 Å². The van der Waals surface area contributed by atoms with Crippen molar-refractivity contribution in [2.45, 2.75) is 13.3 Å². The molecule has 2 aromatic heterocycles. The molecule has 0 fully saturated rings. The summed E-state index contributed by atoms with van der Waals surface area (Å²) in [5, 5.41) is 9.80. The molecule has 21 heavy (non-hydrogen) atoms. The lowest BCUT2D eigenvalue weighted by molar-refractivity contribution is 0.319. The van der Waals surface area contributed by atoms with Gasteiger partial charge in [-0.15, -0.1) is 0 Å². The second-order valence-corrected chi connectivity index (χ2v) is 4.85. The third-order valence-electron chi connectivity index (χ3n) is 3.23. The van der Waals surface area contributed by atoms with Crippen LogP contribution in [-0.2, 0) is 0 Å². The lowest BCUT2D eigenvalue weighted by Crippen LogP contribution is -1.99. The SMILES string of the molecule is CCCOc1ccc(-c2cn3cccc(O)c3n2)cc1N. The second kappa shape index (κ2) is 5.36. The van der Waals surface area contributed by atoms with E-state index in [0.717, 1.165) is 17.7 Å². The molecule has 5 heteroatoms. The first-order chi connectivity index (χ1) is 10.2. The standard InChI is InChI=1S/C16H17N3O2/c1-2-8-21-15-6-5-11(9-12(15)17)13-10-19-7-3-4-14(20)16(19)18-13/h3-7,9-10,20H,2,8,17H2,1H3. The van der Waals surface area contributed by atoms with E-state index in [1.165, 1.54) is 0 Å². The molecule has 5 nitrogen and oxygen atoms in total. The van der Waals surface area contributed by atoms with Crippen LogP contribution in [0.25, 0.3) is 16.9 Å². The fraction of sp³-hybridized carbons (Fsp3) is 0.188. The third-order valence-corrected chi connectivity index (χ3v) is 3.23. The largest absolute Gasteiger partial charge is 0.504 e. The molecule has 1 aromatic carbocycles. The van der Waals surface area contributed by atoms with Gasteiger partial charge in [-0.1, -0.05) is 6.92 Å². The molecule has 0 spiro atoms. The lowest BCUT2D eigenvalue weighted by Gasteiger charge is -2.08. The van der Waals surface area contributed by atoms with Gasteiger partial charge >= 0.3 is 0 Å². The van der Waals surface area contributed by atoms with E-state index in [4.69, 9.17) is 10.5 Å². The number of aromatic nitrogens is 2. The van der Waals surface area contributed by atoms with Crippen molar-refractivity contribution in [1.29, 1.82) is 0 Å². The smallest absolute Gasteiger partial charge is 0.180 e. The third kappa shape index (κ3) is 2.50. The Hall–Kier alpha value is -2.69. The van der Waals surface area contributed by atoms with Gasteiger partial charge in [0, 0.05) is 18.0 Å². The van der Waals surface area contributed by atoms with Crippen LogP contribution in [0.2, 0.25) is 0 Å². The molecule has 2 heterocycles. The molecule has 0 unspecified atom stereocenters. The monoisotopic (exact) mass is 283 g/mol. The van der Waals surface area contributed by atoms with E-state index in [2.05, 4.69) is 4.98 Å². The van der Waals surface area contributed by atoms with Gasteiger partial charge in [0.1, 0.15) is 5.75 Å². The Morgan fingerprint density at radius 2 is 2.19 bits per heavy atom. The number of fused-ring (bicyclic) bond motifs is 1. The number of imidazole rings is 1. The highest BCUT2D eigenvalue weighted by molar-refractivity contribution is 5.71. The Bertz CT molecular complexity index is 780. The maximum Gasteiger partial charge on any atom is 0.180 e. The Balaban J connectivity index is 1.98. The Morgan fingerprint density at radius 3 is 2.90 bits per heavy atom. The summed E-state index contributed by atoms with van der Waals surface area (Å²) in [5.74, 6) is 0.840. The second-order valence-electron chi connectivity index (χ2n) is 4.85. The number of pyridine rings is 1. The number of benzene rings is 1. The van der Waals surface area contributed by atoms with Gasteiger partial charge in [-0.2, -0.15) is 0 Å². The zero-order chi connectivity index (χ0) is 14.8. The van der Waals surface area contributed by atoms with Crippen molar-refractivity contribution in [3.8, 4) is 22.8 Å². The highest BCUT2D eigenvalue weighted by Crippen LogP contribution is 2.29. The van der Waals surface area contributed by atoms with Crippen molar-refractivity contribution in [1.82, 2.24) is 9.38 Å². The Labute approximate surface area is 122 Å². The van der Waals surface area contributed by atoms with Gasteiger partial charge < -0.3 is 20.0 Å². The predicted octanol–water partition coefficient (Wildman–Crippen LogP) is 3.08. The molecule has 108 valence electrons. The van der Waals surface area contributed by atoms with Crippen molar-refractivity contribution in [2.75, 3.05) is 12.3 Å². The summed E-state index contributed by atoms with van der Waals surface area (Å²) < 4.78 is 7.34. The van der Waals surface area contributed by atoms with Gasteiger partial charge in [0.2, 0.25) is 0 Å². The van der Waals surface area contributed by atoms with Crippen LogP contribution in [0.1, 0.15) is 13.3 Å². The minimum absolute atomic E-state index is 0.152. The molecule has 0 saturated heterocycles. The van der Waals surface area contributed by atoms with E-state index in [9.17, 15) is 5.11 Å². The van der Waals surface area contributed by atoms with Crippen molar-refractivity contribution in [2.24, 2.45) is 0 Å². The van der Waals surface area contributed by atoms with Crippen molar-refractivity contribution in [3.05, 3.63) is 42.7 Å². The first-order valence-corrected chi connectivity index (χ1v) is 6.88. The zero-order valence-corrected chi connectivity index (χ0v) is 11.8. The summed E-state index contributed by atoms with van der Waals surface area (Å²) >= 11 is 0. The van der Waals surface area contributed by atoms with Gasteiger partial charge in [0.05, 0.1) is 18.0 Å². The number of hydrogen-bond acceptors (Lipinski definition) is 4. The maximum absolute atomic E-state index is 9.80. The Kier molecular flexibility index (Phi) is 3.39. The van der Waals surface area contributed by atoms with Crippen molar-refractivity contribution in [3.63, 3.8) is 0 Å². The minimum atomic E-state index is 0.152. The molecule has 0 aliphatic rings. The summed E-state index contributed by atoms with van der Waals surface area (Å²) in [6, 6.07) is 8.99. The molecule has 0 bridgehead atoms. The van der Waals surface area contributed by atoms with Crippen LogP contribution in [0.3, 0.4) is 0 Å². The Morgan fingerprint density at radius 1 is 1.33 bits per heavy atom. The number of anilines is 1. The van der Waals surface area contributed by atoms with E-state index in [1.807, 2.05) is 37.5 Å². The van der Waals surface area contributed by atoms with Crippen molar-refractivity contribution < 1.29 is 9.84 Å². The zero-order valence-electron chi connectivity index (χ0n) is 11.8. The fourth-order valence-electron chi connectivity index (χ4n) is 2.19. The van der Waals surface area contributed by atoms with E-state index in [1.54, 1.807) is 16.5 Å². The van der Waals surface area contributed by atoms with Crippen LogP contribution in [0.5, 0.6) is 11.5 Å². The average molecular weight is 283 g/mol. The lowest BCUT2D eigenvalue weighted by atomic mass is 10.1.